The monoisotopic (exact) mass is 359 g/mol. The van der Waals surface area contributed by atoms with Gasteiger partial charge in [0.15, 0.2) is 5.82 Å². The molecule has 0 aliphatic rings. The quantitative estimate of drug-likeness (QED) is 0.314. The molecule has 25 heavy (non-hydrogen) atoms. The average Bonchev–Trinajstić information content (AvgIpc) is 2.95. The highest BCUT2D eigenvalue weighted by Gasteiger charge is 2.13. The Kier molecular flexibility index (Phi) is 4.94. The molecule has 0 spiro atoms. The Labute approximate surface area is 146 Å². The summed E-state index contributed by atoms with van der Waals surface area (Å²) in [7, 11) is 0. The van der Waals surface area contributed by atoms with E-state index in [1.807, 2.05) is 0 Å². The number of hydrogen-bond acceptors (Lipinski definition) is 6. The maximum atomic E-state index is 13.7. The number of halogens is 1. The molecule has 9 heteroatoms. The maximum Gasteiger partial charge on any atom is 0.269 e. The lowest BCUT2D eigenvalue weighted by Gasteiger charge is -2.05. The molecule has 2 N–H and O–H groups in total. The first-order valence-electron chi connectivity index (χ1n) is 7.33. The lowest BCUT2D eigenvalue weighted by Crippen LogP contribution is -2.14. The number of benzene rings is 2. The Bertz CT molecular complexity index is 898. The van der Waals surface area contributed by atoms with E-state index in [1.54, 1.807) is 30.3 Å². The SMILES string of the molecule is Nn1c(Cc2ccccc2F)nnc1SCc1ccc([N+](=O)[O-])cc1. The molecule has 7 nitrogen and oxygen atoms in total. The average molecular weight is 359 g/mol. The lowest BCUT2D eigenvalue weighted by atomic mass is 10.1. The van der Waals surface area contributed by atoms with Crippen molar-refractivity contribution in [1.82, 2.24) is 14.9 Å². The molecule has 0 bridgehead atoms. The zero-order chi connectivity index (χ0) is 17.8. The maximum absolute atomic E-state index is 13.7. The third-order valence-corrected chi connectivity index (χ3v) is 4.57. The van der Waals surface area contributed by atoms with Gasteiger partial charge in [-0.1, -0.05) is 42.1 Å². The molecule has 0 saturated heterocycles. The van der Waals surface area contributed by atoms with Crippen LogP contribution < -0.4 is 5.84 Å². The van der Waals surface area contributed by atoms with Crippen LogP contribution in [0.4, 0.5) is 10.1 Å². The van der Waals surface area contributed by atoms with Gasteiger partial charge in [-0.25, -0.2) is 9.07 Å². The summed E-state index contributed by atoms with van der Waals surface area (Å²) in [5, 5.41) is 19.2. The van der Waals surface area contributed by atoms with E-state index in [0.29, 0.717) is 22.3 Å². The normalized spacial score (nSPS) is 10.8. The predicted octanol–water partition coefficient (Wildman–Crippen LogP) is 2.92. The summed E-state index contributed by atoms with van der Waals surface area (Å²) in [6.07, 6.45) is 0.244. The Morgan fingerprint density at radius 2 is 1.88 bits per heavy atom. The summed E-state index contributed by atoms with van der Waals surface area (Å²) in [5.74, 6) is 6.66. The minimum Gasteiger partial charge on any atom is -0.336 e. The fourth-order valence-corrected chi connectivity index (χ4v) is 3.03. The highest BCUT2D eigenvalue weighted by atomic mass is 32.2. The third-order valence-electron chi connectivity index (χ3n) is 3.56. The van der Waals surface area contributed by atoms with E-state index < -0.39 is 4.92 Å². The number of nitro benzene ring substituents is 1. The highest BCUT2D eigenvalue weighted by Crippen LogP contribution is 2.23. The molecular formula is C16H14FN5O2S. The predicted molar refractivity (Wildman–Crippen MR) is 92.0 cm³/mol. The first-order valence-corrected chi connectivity index (χ1v) is 8.32. The van der Waals surface area contributed by atoms with Crippen LogP contribution in [-0.2, 0) is 12.2 Å². The highest BCUT2D eigenvalue weighted by molar-refractivity contribution is 7.98. The molecule has 3 aromatic rings. The van der Waals surface area contributed by atoms with Gasteiger partial charge in [0.25, 0.3) is 5.69 Å². The fourth-order valence-electron chi connectivity index (χ4n) is 2.20. The summed E-state index contributed by atoms with van der Waals surface area (Å²) in [6.45, 7) is 0. The smallest absolute Gasteiger partial charge is 0.269 e. The Morgan fingerprint density at radius 1 is 1.16 bits per heavy atom. The Balaban J connectivity index is 1.67. The zero-order valence-electron chi connectivity index (χ0n) is 13.0. The second kappa shape index (κ2) is 7.31. The van der Waals surface area contributed by atoms with Gasteiger partial charge in [0.05, 0.1) is 4.92 Å². The molecule has 0 radical (unpaired) electrons. The molecule has 0 amide bonds. The topological polar surface area (TPSA) is 99.9 Å². The van der Waals surface area contributed by atoms with E-state index in [9.17, 15) is 14.5 Å². The second-order valence-corrected chi connectivity index (χ2v) is 6.19. The summed E-state index contributed by atoms with van der Waals surface area (Å²) in [4.78, 5) is 10.2. The molecule has 1 heterocycles. The molecule has 0 fully saturated rings. The molecular weight excluding hydrogens is 345 g/mol. The molecule has 2 aromatic carbocycles. The molecule has 0 atom stereocenters. The Hall–Kier alpha value is -2.94. The molecule has 0 saturated carbocycles. The van der Waals surface area contributed by atoms with Crippen molar-refractivity contribution in [3.8, 4) is 0 Å². The van der Waals surface area contributed by atoms with Crippen LogP contribution in [0, 0.1) is 15.9 Å². The summed E-state index contributed by atoms with van der Waals surface area (Å²) in [5.41, 5.74) is 1.44. The van der Waals surface area contributed by atoms with Crippen LogP contribution in [0.3, 0.4) is 0 Å². The largest absolute Gasteiger partial charge is 0.336 e. The van der Waals surface area contributed by atoms with Gasteiger partial charge >= 0.3 is 0 Å². The zero-order valence-corrected chi connectivity index (χ0v) is 13.8. The molecule has 128 valence electrons. The van der Waals surface area contributed by atoms with Gasteiger partial charge in [0.1, 0.15) is 5.82 Å². The first kappa shape index (κ1) is 16.9. The van der Waals surface area contributed by atoms with Crippen LogP contribution in [-0.4, -0.2) is 19.8 Å². The molecule has 3 rings (SSSR count). The van der Waals surface area contributed by atoms with E-state index in [2.05, 4.69) is 10.2 Å². The standard InChI is InChI=1S/C16H14FN5O2S/c17-14-4-2-1-3-12(14)9-15-19-20-16(21(15)18)25-10-11-5-7-13(8-6-11)22(23)24/h1-8H,9-10,18H2. The summed E-state index contributed by atoms with van der Waals surface area (Å²) in [6, 6.07) is 12.7. The van der Waals surface area contributed by atoms with Crippen molar-refractivity contribution in [2.75, 3.05) is 5.84 Å². The van der Waals surface area contributed by atoms with Gasteiger partial charge in [0.2, 0.25) is 5.16 Å². The van der Waals surface area contributed by atoms with Gasteiger partial charge in [-0.3, -0.25) is 10.1 Å². The number of thioether (sulfide) groups is 1. The van der Waals surface area contributed by atoms with Crippen LogP contribution in [0.15, 0.2) is 53.7 Å². The van der Waals surface area contributed by atoms with Crippen LogP contribution in [0.25, 0.3) is 0 Å². The van der Waals surface area contributed by atoms with Gasteiger partial charge in [-0.05, 0) is 17.2 Å². The number of rotatable bonds is 6. The van der Waals surface area contributed by atoms with Crippen LogP contribution in [0.2, 0.25) is 0 Å². The van der Waals surface area contributed by atoms with E-state index in [-0.39, 0.29) is 17.9 Å². The number of aromatic nitrogens is 3. The Morgan fingerprint density at radius 3 is 2.56 bits per heavy atom. The van der Waals surface area contributed by atoms with Gasteiger partial charge in [-0.2, -0.15) is 0 Å². The van der Waals surface area contributed by atoms with Crippen LogP contribution in [0.1, 0.15) is 17.0 Å². The lowest BCUT2D eigenvalue weighted by molar-refractivity contribution is -0.384. The number of non-ortho nitro benzene ring substituents is 1. The van der Waals surface area contributed by atoms with E-state index in [1.165, 1.54) is 34.6 Å². The van der Waals surface area contributed by atoms with Gasteiger partial charge < -0.3 is 5.84 Å². The number of nitrogen functional groups attached to an aromatic ring is 1. The van der Waals surface area contributed by atoms with Crippen LogP contribution in [0.5, 0.6) is 0 Å². The number of nitrogens with two attached hydrogens (primary N) is 1. The van der Waals surface area contributed by atoms with Gasteiger partial charge in [-0.15, -0.1) is 10.2 Å². The van der Waals surface area contributed by atoms with Crippen molar-refractivity contribution >= 4 is 17.4 Å². The van der Waals surface area contributed by atoms with Crippen molar-refractivity contribution in [2.24, 2.45) is 0 Å². The van der Waals surface area contributed by atoms with Crippen LogP contribution >= 0.6 is 11.8 Å². The van der Waals surface area contributed by atoms with E-state index in [4.69, 9.17) is 5.84 Å². The minimum absolute atomic E-state index is 0.0444. The fraction of sp³-hybridized carbons (Fsp3) is 0.125. The first-order chi connectivity index (χ1) is 12.0. The molecule has 0 aliphatic carbocycles. The van der Waals surface area contributed by atoms with Gasteiger partial charge in [0, 0.05) is 24.3 Å². The molecule has 1 aromatic heterocycles. The van der Waals surface area contributed by atoms with Crippen molar-refractivity contribution in [3.63, 3.8) is 0 Å². The van der Waals surface area contributed by atoms with Crippen molar-refractivity contribution in [1.29, 1.82) is 0 Å². The minimum atomic E-state index is -0.442. The third kappa shape index (κ3) is 3.94. The summed E-state index contributed by atoms with van der Waals surface area (Å²) >= 11 is 1.35. The van der Waals surface area contributed by atoms with Crippen molar-refractivity contribution in [3.05, 3.63) is 81.4 Å². The number of hydrogen-bond donors (Lipinski definition) is 1. The number of nitro groups is 1. The number of nitrogens with zero attached hydrogens (tertiary/aromatic N) is 4. The van der Waals surface area contributed by atoms with Crippen molar-refractivity contribution < 1.29 is 9.31 Å². The second-order valence-electron chi connectivity index (χ2n) is 5.25. The van der Waals surface area contributed by atoms with Crippen molar-refractivity contribution in [2.45, 2.75) is 17.3 Å². The summed E-state index contributed by atoms with van der Waals surface area (Å²) < 4.78 is 15.1. The molecule has 0 aliphatic heterocycles. The molecule has 0 unspecified atom stereocenters. The van der Waals surface area contributed by atoms with E-state index in [0.717, 1.165) is 5.56 Å². The van der Waals surface area contributed by atoms with E-state index >= 15 is 0 Å².